The van der Waals surface area contributed by atoms with Gasteiger partial charge in [0, 0.05) is 6.20 Å². The molecule has 1 heterocycles. The fraction of sp³-hybridized carbons (Fsp3) is 0.182. The smallest absolute Gasteiger partial charge is 0.0849 e. The predicted octanol–water partition coefficient (Wildman–Crippen LogP) is 2.68. The molecule has 0 atom stereocenters. The highest BCUT2D eigenvalue weighted by Crippen LogP contribution is 2.28. The fourth-order valence-electron chi connectivity index (χ4n) is 1.46. The van der Waals surface area contributed by atoms with Crippen LogP contribution in [0.25, 0.3) is 5.69 Å². The number of aromatic nitrogens is 2. The van der Waals surface area contributed by atoms with E-state index in [1.54, 1.807) is 16.9 Å². The number of halogens is 2. The van der Waals surface area contributed by atoms with E-state index in [9.17, 15) is 0 Å². The molecule has 0 saturated heterocycles. The second-order valence-corrected chi connectivity index (χ2v) is 4.19. The fourth-order valence-corrected chi connectivity index (χ4v) is 1.84. The third-order valence-corrected chi connectivity index (χ3v) is 3.06. The molecule has 2 rings (SSSR count). The Hall–Kier alpha value is -1.03. The zero-order valence-corrected chi connectivity index (χ0v) is 10.0. The maximum Gasteiger partial charge on any atom is 0.0849 e. The normalized spacial score (nSPS) is 10.7. The molecule has 5 heteroatoms. The van der Waals surface area contributed by atoms with Crippen LogP contribution in [0.5, 0.6) is 0 Å². The van der Waals surface area contributed by atoms with Gasteiger partial charge in [0.15, 0.2) is 0 Å². The van der Waals surface area contributed by atoms with Crippen molar-refractivity contribution in [1.29, 1.82) is 0 Å². The summed E-state index contributed by atoms with van der Waals surface area (Å²) in [6.45, 7) is 0.606. The van der Waals surface area contributed by atoms with Crippen molar-refractivity contribution in [3.05, 3.63) is 46.2 Å². The van der Waals surface area contributed by atoms with E-state index >= 15 is 0 Å². The summed E-state index contributed by atoms with van der Waals surface area (Å²) in [6, 6.07) is 5.46. The van der Waals surface area contributed by atoms with Gasteiger partial charge in [-0.1, -0.05) is 29.3 Å². The van der Waals surface area contributed by atoms with Crippen molar-refractivity contribution in [3.63, 3.8) is 0 Å². The summed E-state index contributed by atoms with van der Waals surface area (Å²) in [6.07, 6.45) is 4.49. The quantitative estimate of drug-likeness (QED) is 0.917. The zero-order chi connectivity index (χ0) is 11.5. The molecule has 3 nitrogen and oxygen atoms in total. The summed E-state index contributed by atoms with van der Waals surface area (Å²) in [5.74, 6) is 0. The summed E-state index contributed by atoms with van der Waals surface area (Å²) in [5.41, 5.74) is 7.34. The van der Waals surface area contributed by atoms with E-state index in [2.05, 4.69) is 5.10 Å². The van der Waals surface area contributed by atoms with Gasteiger partial charge < -0.3 is 5.73 Å². The van der Waals surface area contributed by atoms with Gasteiger partial charge >= 0.3 is 0 Å². The number of nitrogens with two attached hydrogens (primary N) is 1. The molecule has 1 aromatic carbocycles. The van der Waals surface area contributed by atoms with Crippen molar-refractivity contribution in [2.45, 2.75) is 6.42 Å². The number of nitrogens with zero attached hydrogens (tertiary/aromatic N) is 2. The molecule has 0 saturated carbocycles. The molecule has 0 unspecified atom stereocenters. The molecule has 16 heavy (non-hydrogen) atoms. The second-order valence-electron chi connectivity index (χ2n) is 3.40. The number of hydrogen-bond donors (Lipinski definition) is 1. The van der Waals surface area contributed by atoms with Crippen molar-refractivity contribution in [1.82, 2.24) is 9.78 Å². The molecule has 0 fully saturated rings. The highest BCUT2D eigenvalue weighted by atomic mass is 35.5. The minimum absolute atomic E-state index is 0.506. The Kier molecular flexibility index (Phi) is 3.49. The Bertz CT molecular complexity index is 494. The predicted molar refractivity (Wildman–Crippen MR) is 66.3 cm³/mol. The first-order chi connectivity index (χ1) is 7.72. The van der Waals surface area contributed by atoms with Crippen LogP contribution >= 0.6 is 23.2 Å². The zero-order valence-electron chi connectivity index (χ0n) is 8.53. The monoisotopic (exact) mass is 255 g/mol. The highest BCUT2D eigenvalue weighted by molar-refractivity contribution is 6.43. The summed E-state index contributed by atoms with van der Waals surface area (Å²) >= 11 is 12.0. The van der Waals surface area contributed by atoms with Crippen LogP contribution in [0.4, 0.5) is 0 Å². The minimum Gasteiger partial charge on any atom is -0.330 e. The van der Waals surface area contributed by atoms with Gasteiger partial charge in [0.1, 0.15) is 0 Å². The van der Waals surface area contributed by atoms with Crippen molar-refractivity contribution in [3.8, 4) is 5.69 Å². The molecular formula is C11H11Cl2N3. The summed E-state index contributed by atoms with van der Waals surface area (Å²) < 4.78 is 1.71. The molecule has 84 valence electrons. The molecule has 0 aliphatic rings. The average Bonchev–Trinajstić information content (AvgIpc) is 2.71. The van der Waals surface area contributed by atoms with Gasteiger partial charge in [0.2, 0.25) is 0 Å². The van der Waals surface area contributed by atoms with E-state index in [0.717, 1.165) is 17.7 Å². The van der Waals surface area contributed by atoms with Crippen molar-refractivity contribution in [2.24, 2.45) is 5.73 Å². The van der Waals surface area contributed by atoms with Crippen LogP contribution in [0.15, 0.2) is 30.6 Å². The van der Waals surface area contributed by atoms with E-state index in [1.165, 1.54) is 0 Å². The highest BCUT2D eigenvalue weighted by Gasteiger charge is 2.07. The molecule has 1 aromatic heterocycles. The van der Waals surface area contributed by atoms with Crippen LogP contribution in [0.2, 0.25) is 10.0 Å². The third-order valence-electron chi connectivity index (χ3n) is 2.25. The molecule has 2 N–H and O–H groups in total. The molecule has 0 aliphatic carbocycles. The van der Waals surface area contributed by atoms with Crippen molar-refractivity contribution >= 4 is 23.2 Å². The lowest BCUT2D eigenvalue weighted by molar-refractivity contribution is 0.879. The van der Waals surface area contributed by atoms with Gasteiger partial charge in [-0.05, 0) is 30.7 Å². The van der Waals surface area contributed by atoms with E-state index in [1.807, 2.05) is 18.3 Å². The van der Waals surface area contributed by atoms with Gasteiger partial charge in [-0.25, -0.2) is 4.68 Å². The van der Waals surface area contributed by atoms with E-state index in [0.29, 0.717) is 16.6 Å². The summed E-state index contributed by atoms with van der Waals surface area (Å²) in [5, 5.41) is 5.25. The van der Waals surface area contributed by atoms with Gasteiger partial charge in [0.05, 0.1) is 21.9 Å². The molecule has 0 bridgehead atoms. The Balaban J connectivity index is 2.39. The SMILES string of the molecule is NCCc1cnn(-c2cccc(Cl)c2Cl)c1. The Morgan fingerprint density at radius 3 is 2.88 bits per heavy atom. The van der Waals surface area contributed by atoms with Crippen LogP contribution in [-0.4, -0.2) is 16.3 Å². The molecule has 0 spiro atoms. The maximum absolute atomic E-state index is 6.10. The van der Waals surface area contributed by atoms with Crippen LogP contribution in [-0.2, 0) is 6.42 Å². The van der Waals surface area contributed by atoms with E-state index < -0.39 is 0 Å². The van der Waals surface area contributed by atoms with E-state index in [4.69, 9.17) is 28.9 Å². The molecule has 0 amide bonds. The lowest BCUT2D eigenvalue weighted by Crippen LogP contribution is -2.01. The summed E-state index contributed by atoms with van der Waals surface area (Å²) in [4.78, 5) is 0. The van der Waals surface area contributed by atoms with Crippen molar-refractivity contribution in [2.75, 3.05) is 6.54 Å². The minimum atomic E-state index is 0.506. The second kappa shape index (κ2) is 4.87. The largest absolute Gasteiger partial charge is 0.330 e. The standard InChI is InChI=1S/C11H11Cl2N3/c12-9-2-1-3-10(11(9)13)16-7-8(4-5-14)6-15-16/h1-3,6-7H,4-5,14H2. The molecule has 0 radical (unpaired) electrons. The first-order valence-corrected chi connectivity index (χ1v) is 5.66. The Morgan fingerprint density at radius 1 is 1.31 bits per heavy atom. The lowest BCUT2D eigenvalue weighted by Gasteiger charge is -2.04. The average molecular weight is 256 g/mol. The van der Waals surface area contributed by atoms with Crippen LogP contribution in [0, 0.1) is 0 Å². The topological polar surface area (TPSA) is 43.8 Å². The van der Waals surface area contributed by atoms with Crippen LogP contribution in [0.1, 0.15) is 5.56 Å². The third kappa shape index (κ3) is 2.21. The first kappa shape index (κ1) is 11.5. The summed E-state index contributed by atoms with van der Waals surface area (Å²) in [7, 11) is 0. The maximum atomic E-state index is 6.10. The Morgan fingerprint density at radius 2 is 2.12 bits per heavy atom. The van der Waals surface area contributed by atoms with Gasteiger partial charge in [0.25, 0.3) is 0 Å². The van der Waals surface area contributed by atoms with Gasteiger partial charge in [-0.15, -0.1) is 0 Å². The van der Waals surface area contributed by atoms with Crippen LogP contribution < -0.4 is 5.73 Å². The number of rotatable bonds is 3. The molecule has 2 aromatic rings. The van der Waals surface area contributed by atoms with E-state index in [-0.39, 0.29) is 0 Å². The lowest BCUT2D eigenvalue weighted by atomic mass is 10.2. The number of hydrogen-bond acceptors (Lipinski definition) is 2. The van der Waals surface area contributed by atoms with Gasteiger partial charge in [-0.2, -0.15) is 5.10 Å². The number of benzene rings is 1. The first-order valence-electron chi connectivity index (χ1n) is 4.90. The van der Waals surface area contributed by atoms with Crippen LogP contribution in [0.3, 0.4) is 0 Å². The molecular weight excluding hydrogens is 245 g/mol. The Labute approximate surface area is 104 Å². The van der Waals surface area contributed by atoms with Gasteiger partial charge in [-0.3, -0.25) is 0 Å². The van der Waals surface area contributed by atoms with Crippen molar-refractivity contribution < 1.29 is 0 Å². The molecule has 0 aliphatic heterocycles.